The van der Waals surface area contributed by atoms with E-state index in [4.69, 9.17) is 0 Å². The van der Waals surface area contributed by atoms with E-state index in [1.807, 2.05) is 24.5 Å². The van der Waals surface area contributed by atoms with Crippen molar-refractivity contribution in [2.45, 2.75) is 45.1 Å². The van der Waals surface area contributed by atoms with Crippen LogP contribution in [0.2, 0.25) is 0 Å². The number of anilines is 1. The number of rotatable bonds is 4. The van der Waals surface area contributed by atoms with Gasteiger partial charge in [0.25, 0.3) is 0 Å². The van der Waals surface area contributed by atoms with E-state index in [2.05, 4.69) is 40.2 Å². The van der Waals surface area contributed by atoms with E-state index in [1.165, 1.54) is 52.6 Å². The molecular formula is C20H25N3S. The molecule has 0 bridgehead atoms. The number of aromatic nitrogens is 1. The normalized spacial score (nSPS) is 19.2. The van der Waals surface area contributed by atoms with Crippen molar-refractivity contribution in [3.8, 4) is 11.8 Å². The number of likely N-dealkylation sites (tertiary alicyclic amines) is 1. The minimum absolute atomic E-state index is 0.536. The van der Waals surface area contributed by atoms with Crippen molar-refractivity contribution in [2.24, 2.45) is 5.92 Å². The van der Waals surface area contributed by atoms with Crippen LogP contribution in [-0.4, -0.2) is 36.1 Å². The minimum atomic E-state index is 0.536. The van der Waals surface area contributed by atoms with Crippen LogP contribution in [0.1, 0.15) is 43.0 Å². The van der Waals surface area contributed by atoms with Gasteiger partial charge in [-0.2, -0.15) is 0 Å². The molecule has 3 nitrogen and oxygen atoms in total. The maximum Gasteiger partial charge on any atom is 0.144 e. The Hall–Kier alpha value is -1.57. The molecule has 4 heteroatoms. The molecule has 0 aromatic carbocycles. The van der Waals surface area contributed by atoms with Crippen molar-refractivity contribution < 1.29 is 0 Å². The molecule has 2 aromatic heterocycles. The molecule has 0 spiro atoms. The van der Waals surface area contributed by atoms with Crippen LogP contribution in [0.3, 0.4) is 0 Å². The molecule has 1 aliphatic heterocycles. The predicted molar refractivity (Wildman–Crippen MR) is 103 cm³/mol. The SMILES string of the molecule is CC#Cc1sc2c(NC3CCN(C)CC3)nccc2c1CC1CC1. The van der Waals surface area contributed by atoms with Crippen LogP contribution < -0.4 is 5.32 Å². The summed E-state index contributed by atoms with van der Waals surface area (Å²) >= 11 is 1.82. The molecule has 0 unspecified atom stereocenters. The lowest BCUT2D eigenvalue weighted by atomic mass is 10.0. The number of hydrogen-bond donors (Lipinski definition) is 1. The van der Waals surface area contributed by atoms with Crippen molar-refractivity contribution >= 4 is 27.2 Å². The van der Waals surface area contributed by atoms with Gasteiger partial charge < -0.3 is 10.2 Å². The second-order valence-electron chi connectivity index (χ2n) is 7.19. The molecule has 2 fully saturated rings. The largest absolute Gasteiger partial charge is 0.366 e. The standard InChI is InChI=1S/C20H25N3S/c1-3-4-18-17(13-14-5-6-14)16-7-10-21-20(19(16)24-18)22-15-8-11-23(2)12-9-15/h7,10,14-15H,5-6,8-9,11-13H2,1-2H3,(H,21,22). The van der Waals surface area contributed by atoms with Gasteiger partial charge in [-0.3, -0.25) is 0 Å². The molecule has 4 rings (SSSR count). The third kappa shape index (κ3) is 3.29. The number of piperidine rings is 1. The van der Waals surface area contributed by atoms with Crippen molar-refractivity contribution in [1.29, 1.82) is 0 Å². The van der Waals surface area contributed by atoms with Gasteiger partial charge in [0.05, 0.1) is 9.58 Å². The summed E-state index contributed by atoms with van der Waals surface area (Å²) in [6.45, 7) is 4.26. The van der Waals surface area contributed by atoms with Crippen LogP contribution in [0, 0.1) is 17.8 Å². The Morgan fingerprint density at radius 2 is 2.08 bits per heavy atom. The monoisotopic (exact) mass is 339 g/mol. The molecule has 3 heterocycles. The first-order valence-electron chi connectivity index (χ1n) is 9.03. The molecular weight excluding hydrogens is 314 g/mol. The number of nitrogens with one attached hydrogen (secondary N) is 1. The lowest BCUT2D eigenvalue weighted by molar-refractivity contribution is 0.264. The van der Waals surface area contributed by atoms with Crippen LogP contribution in [-0.2, 0) is 6.42 Å². The van der Waals surface area contributed by atoms with Gasteiger partial charge in [0, 0.05) is 17.6 Å². The first-order valence-corrected chi connectivity index (χ1v) is 9.84. The van der Waals surface area contributed by atoms with Crippen molar-refractivity contribution in [3.63, 3.8) is 0 Å². The third-order valence-corrected chi connectivity index (χ3v) is 6.37. The van der Waals surface area contributed by atoms with E-state index in [1.54, 1.807) is 0 Å². The first kappa shape index (κ1) is 15.9. The fraction of sp³-hybridized carbons (Fsp3) is 0.550. The Labute approximate surface area is 148 Å². The summed E-state index contributed by atoms with van der Waals surface area (Å²) < 4.78 is 1.30. The number of hydrogen-bond acceptors (Lipinski definition) is 4. The van der Waals surface area contributed by atoms with Gasteiger partial charge >= 0.3 is 0 Å². The van der Waals surface area contributed by atoms with Crippen LogP contribution in [0.25, 0.3) is 10.1 Å². The molecule has 1 N–H and O–H groups in total. The van der Waals surface area contributed by atoms with Gasteiger partial charge in [-0.05, 0) is 76.7 Å². The molecule has 24 heavy (non-hydrogen) atoms. The smallest absolute Gasteiger partial charge is 0.144 e. The lowest BCUT2D eigenvalue weighted by Crippen LogP contribution is -2.36. The summed E-state index contributed by atoms with van der Waals surface area (Å²) in [5.74, 6) is 8.38. The lowest BCUT2D eigenvalue weighted by Gasteiger charge is -2.29. The summed E-state index contributed by atoms with van der Waals surface area (Å²) in [4.78, 5) is 8.32. The maximum atomic E-state index is 4.67. The second kappa shape index (κ2) is 6.74. The van der Waals surface area contributed by atoms with E-state index in [9.17, 15) is 0 Å². The molecule has 0 atom stereocenters. The van der Waals surface area contributed by atoms with Gasteiger partial charge in [-0.1, -0.05) is 5.92 Å². The minimum Gasteiger partial charge on any atom is -0.366 e. The highest BCUT2D eigenvalue weighted by molar-refractivity contribution is 7.20. The van der Waals surface area contributed by atoms with E-state index < -0.39 is 0 Å². The zero-order valence-electron chi connectivity index (χ0n) is 14.6. The Morgan fingerprint density at radius 3 is 2.79 bits per heavy atom. The molecule has 0 amide bonds. The Balaban J connectivity index is 1.66. The molecule has 1 aliphatic carbocycles. The van der Waals surface area contributed by atoms with Gasteiger partial charge in [0.15, 0.2) is 0 Å². The van der Waals surface area contributed by atoms with Crippen molar-refractivity contribution in [1.82, 2.24) is 9.88 Å². The van der Waals surface area contributed by atoms with E-state index >= 15 is 0 Å². The predicted octanol–water partition coefficient (Wildman–Crippen LogP) is 4.13. The van der Waals surface area contributed by atoms with Crippen LogP contribution in [0.5, 0.6) is 0 Å². The van der Waals surface area contributed by atoms with E-state index in [0.717, 1.165) is 24.8 Å². The summed E-state index contributed by atoms with van der Waals surface area (Å²) in [5.41, 5.74) is 1.46. The summed E-state index contributed by atoms with van der Waals surface area (Å²) in [6, 6.07) is 2.72. The number of thiophene rings is 1. The van der Waals surface area contributed by atoms with Crippen LogP contribution in [0.4, 0.5) is 5.82 Å². The molecule has 2 aliphatic rings. The highest BCUT2D eigenvalue weighted by Crippen LogP contribution is 2.41. The first-order chi connectivity index (χ1) is 11.7. The highest BCUT2D eigenvalue weighted by atomic mass is 32.1. The zero-order valence-corrected chi connectivity index (χ0v) is 15.4. The number of fused-ring (bicyclic) bond motifs is 1. The Kier molecular flexibility index (Phi) is 4.47. The van der Waals surface area contributed by atoms with Gasteiger partial charge in [-0.15, -0.1) is 17.3 Å². The quantitative estimate of drug-likeness (QED) is 0.849. The third-order valence-electron chi connectivity index (χ3n) is 5.20. The fourth-order valence-corrected chi connectivity index (χ4v) is 4.74. The fourth-order valence-electron chi connectivity index (χ4n) is 3.55. The van der Waals surface area contributed by atoms with E-state index in [0.29, 0.717) is 6.04 Å². The molecule has 0 radical (unpaired) electrons. The average Bonchev–Trinajstić information content (AvgIpc) is 3.33. The summed E-state index contributed by atoms with van der Waals surface area (Å²) in [7, 11) is 2.20. The maximum absolute atomic E-state index is 4.67. The Morgan fingerprint density at radius 1 is 1.29 bits per heavy atom. The van der Waals surface area contributed by atoms with Crippen molar-refractivity contribution in [3.05, 3.63) is 22.7 Å². The molecule has 1 saturated carbocycles. The Bertz CT molecular complexity index is 786. The van der Waals surface area contributed by atoms with Gasteiger partial charge in [-0.25, -0.2) is 4.98 Å². The van der Waals surface area contributed by atoms with Gasteiger partial charge in [0.1, 0.15) is 5.82 Å². The van der Waals surface area contributed by atoms with Crippen LogP contribution >= 0.6 is 11.3 Å². The summed E-state index contributed by atoms with van der Waals surface area (Å²) in [5, 5.41) is 5.09. The molecule has 126 valence electrons. The van der Waals surface area contributed by atoms with Crippen LogP contribution in [0.15, 0.2) is 12.3 Å². The summed E-state index contributed by atoms with van der Waals surface area (Å²) in [6.07, 6.45) is 8.28. The van der Waals surface area contributed by atoms with Gasteiger partial charge in [0.2, 0.25) is 0 Å². The number of pyridine rings is 1. The highest BCUT2D eigenvalue weighted by Gasteiger charge is 2.26. The zero-order chi connectivity index (χ0) is 16.5. The molecule has 2 aromatic rings. The molecule has 1 saturated heterocycles. The topological polar surface area (TPSA) is 28.2 Å². The number of nitrogens with zero attached hydrogens (tertiary/aromatic N) is 2. The van der Waals surface area contributed by atoms with Crippen molar-refractivity contribution in [2.75, 3.05) is 25.5 Å². The average molecular weight is 340 g/mol. The van der Waals surface area contributed by atoms with E-state index in [-0.39, 0.29) is 0 Å². The second-order valence-corrected chi connectivity index (χ2v) is 8.21.